The van der Waals surface area contributed by atoms with Crippen molar-refractivity contribution in [2.24, 2.45) is 22.7 Å². The summed E-state index contributed by atoms with van der Waals surface area (Å²) in [7, 11) is 3.69. The zero-order valence-corrected chi connectivity index (χ0v) is 34.7. The van der Waals surface area contributed by atoms with Crippen molar-refractivity contribution in [3.8, 4) is 0 Å². The molecule has 0 aromatic heterocycles. The first-order valence-electron chi connectivity index (χ1n) is 19.2. The van der Waals surface area contributed by atoms with Crippen LogP contribution >= 0.6 is 0 Å². The van der Waals surface area contributed by atoms with Gasteiger partial charge in [-0.3, -0.25) is 28.8 Å². The molecule has 330 valence electrons. The lowest BCUT2D eigenvalue weighted by atomic mass is 9.46. The van der Waals surface area contributed by atoms with Gasteiger partial charge in [-0.25, -0.2) is 4.79 Å². The Morgan fingerprint density at radius 2 is 1.42 bits per heavy atom. The number of ether oxygens (including phenoxy) is 12. The molecule has 20 nitrogen and oxygen atoms in total. The molecule has 0 radical (unpaired) electrons. The fourth-order valence-corrected chi connectivity index (χ4v) is 9.86. The van der Waals surface area contributed by atoms with E-state index < -0.39 is 138 Å². The van der Waals surface area contributed by atoms with Crippen LogP contribution in [0.5, 0.6) is 0 Å². The van der Waals surface area contributed by atoms with Gasteiger partial charge in [-0.2, -0.15) is 0 Å². The first kappa shape index (κ1) is 45.9. The molecule has 1 saturated carbocycles. The van der Waals surface area contributed by atoms with Crippen molar-refractivity contribution in [3.63, 3.8) is 0 Å². The topological polar surface area (TPSA) is 250 Å². The fraction of sp³-hybridized carbons (Fsp3) is 0.769. The van der Waals surface area contributed by atoms with Crippen molar-refractivity contribution >= 4 is 41.8 Å². The molecule has 5 rings (SSSR count). The Labute approximate surface area is 340 Å². The summed E-state index contributed by atoms with van der Waals surface area (Å²) in [4.78, 5) is 89.7. The van der Waals surface area contributed by atoms with Crippen LogP contribution in [-0.4, -0.2) is 142 Å². The van der Waals surface area contributed by atoms with E-state index in [-0.39, 0.29) is 12.8 Å². The monoisotopic (exact) mass is 842 g/mol. The third-order valence-corrected chi connectivity index (χ3v) is 12.2. The van der Waals surface area contributed by atoms with Crippen LogP contribution in [0.25, 0.3) is 0 Å². The molecule has 4 fully saturated rings. The maximum atomic E-state index is 13.9. The van der Waals surface area contributed by atoms with E-state index in [0.29, 0.717) is 18.4 Å². The van der Waals surface area contributed by atoms with E-state index in [1.54, 1.807) is 13.0 Å². The van der Waals surface area contributed by atoms with Crippen LogP contribution < -0.4 is 0 Å². The second-order valence-corrected chi connectivity index (χ2v) is 15.9. The number of fused-ring (bicyclic) bond motifs is 4. The van der Waals surface area contributed by atoms with Crippen molar-refractivity contribution in [2.75, 3.05) is 27.9 Å². The maximum Gasteiger partial charge on any atom is 0.334 e. The smallest absolute Gasteiger partial charge is 0.334 e. The number of carbonyl (C=O) groups is 7. The maximum absolute atomic E-state index is 13.9. The molecule has 2 bridgehead atoms. The molecule has 3 heterocycles. The number of carbonyl (C=O) groups excluding carboxylic acids is 7. The highest BCUT2D eigenvalue weighted by Crippen LogP contribution is 2.66. The van der Waals surface area contributed by atoms with Crippen molar-refractivity contribution in [2.45, 2.75) is 141 Å². The number of hydrogen-bond acceptors (Lipinski definition) is 20. The molecule has 5 aliphatic rings. The van der Waals surface area contributed by atoms with Crippen molar-refractivity contribution in [1.82, 2.24) is 0 Å². The average Bonchev–Trinajstić information content (AvgIpc) is 3.67. The highest BCUT2D eigenvalue weighted by Gasteiger charge is 2.71. The van der Waals surface area contributed by atoms with Crippen molar-refractivity contribution in [1.29, 1.82) is 0 Å². The summed E-state index contributed by atoms with van der Waals surface area (Å²) in [5.41, 5.74) is -4.56. The molecular formula is C39H54O20. The van der Waals surface area contributed by atoms with Crippen LogP contribution in [-0.2, 0) is 90.4 Å². The molecule has 3 saturated heterocycles. The predicted octanol–water partition coefficient (Wildman–Crippen LogP) is 0.950. The lowest BCUT2D eigenvalue weighted by Crippen LogP contribution is -2.67. The van der Waals surface area contributed by atoms with E-state index in [0.717, 1.165) is 34.6 Å². The number of methoxy groups -OCH3 is 3. The van der Waals surface area contributed by atoms with Crippen LogP contribution in [0.3, 0.4) is 0 Å². The number of hydrogen-bond donors (Lipinski definition) is 1. The zero-order valence-electron chi connectivity index (χ0n) is 34.7. The molecule has 0 aromatic rings. The summed E-state index contributed by atoms with van der Waals surface area (Å²) in [6, 6.07) is 0. The summed E-state index contributed by atoms with van der Waals surface area (Å²) in [6.45, 7) is 8.40. The average molecular weight is 843 g/mol. The second-order valence-electron chi connectivity index (χ2n) is 15.9. The van der Waals surface area contributed by atoms with E-state index in [4.69, 9.17) is 56.8 Å². The molecule has 15 atom stereocenters. The van der Waals surface area contributed by atoms with E-state index >= 15 is 0 Å². The van der Waals surface area contributed by atoms with Crippen LogP contribution in [0.4, 0.5) is 0 Å². The highest BCUT2D eigenvalue weighted by molar-refractivity contribution is 5.91. The lowest BCUT2D eigenvalue weighted by Gasteiger charge is -2.57. The Hall–Kier alpha value is -4.21. The van der Waals surface area contributed by atoms with Gasteiger partial charge in [-0.05, 0) is 37.0 Å². The third-order valence-electron chi connectivity index (χ3n) is 12.2. The summed E-state index contributed by atoms with van der Waals surface area (Å²) in [5, 5.41) is 13.1. The lowest BCUT2D eigenvalue weighted by molar-refractivity contribution is -0.343. The number of allylic oxidation sites excluding steroid dienone is 1. The number of rotatable bonds is 14. The Kier molecular flexibility index (Phi) is 13.8. The van der Waals surface area contributed by atoms with E-state index in [1.807, 2.05) is 6.92 Å². The summed E-state index contributed by atoms with van der Waals surface area (Å²) in [5.74, 6) is -6.82. The molecule has 1 N–H and O–H groups in total. The SMILES string of the molecule is COC(=O)C1=CCCC2C(C)(CC(OC3OC(COC(C)=O)C(OC(C)=O)C(OC(C)=O)C3OC(C)=O)C3(O)C(OC)OC(OC)C3OC(C)=O)C3CC(OC3=O)C12C. The van der Waals surface area contributed by atoms with E-state index in [9.17, 15) is 38.7 Å². The van der Waals surface area contributed by atoms with Gasteiger partial charge in [0.15, 0.2) is 42.6 Å². The van der Waals surface area contributed by atoms with Crippen LogP contribution in [0, 0.1) is 22.7 Å². The Balaban J connectivity index is 1.72. The predicted molar refractivity (Wildman–Crippen MR) is 192 cm³/mol. The second kappa shape index (κ2) is 17.8. The number of aliphatic hydroxyl groups is 1. The van der Waals surface area contributed by atoms with Gasteiger partial charge in [0, 0.05) is 59.8 Å². The minimum atomic E-state index is -2.55. The Morgan fingerprint density at radius 1 is 0.814 bits per heavy atom. The van der Waals surface area contributed by atoms with E-state index in [1.165, 1.54) is 21.3 Å². The van der Waals surface area contributed by atoms with Gasteiger partial charge in [0.05, 0.1) is 19.1 Å². The van der Waals surface area contributed by atoms with Gasteiger partial charge < -0.3 is 61.9 Å². The first-order chi connectivity index (χ1) is 27.7. The van der Waals surface area contributed by atoms with E-state index in [2.05, 4.69) is 0 Å². The van der Waals surface area contributed by atoms with Gasteiger partial charge in [0.2, 0.25) is 6.29 Å². The van der Waals surface area contributed by atoms with Crippen LogP contribution in [0.15, 0.2) is 11.6 Å². The van der Waals surface area contributed by atoms with Gasteiger partial charge in [0.1, 0.15) is 18.8 Å². The quantitative estimate of drug-likeness (QED) is 0.189. The first-order valence-corrected chi connectivity index (χ1v) is 19.2. The molecular weight excluding hydrogens is 788 g/mol. The molecule has 20 heteroatoms. The minimum Gasteiger partial charge on any atom is -0.466 e. The highest BCUT2D eigenvalue weighted by atomic mass is 16.8. The zero-order chi connectivity index (χ0) is 43.8. The normalized spacial score (nSPS) is 39.1. The number of esters is 7. The van der Waals surface area contributed by atoms with Gasteiger partial charge >= 0.3 is 41.8 Å². The molecule has 15 unspecified atom stereocenters. The van der Waals surface area contributed by atoms with Crippen molar-refractivity contribution < 1.29 is 95.5 Å². The molecule has 0 amide bonds. The Bertz CT molecular complexity index is 1690. The van der Waals surface area contributed by atoms with Crippen LogP contribution in [0.2, 0.25) is 0 Å². The van der Waals surface area contributed by atoms with Crippen molar-refractivity contribution in [3.05, 3.63) is 11.6 Å². The van der Waals surface area contributed by atoms with Gasteiger partial charge in [0.25, 0.3) is 0 Å². The summed E-state index contributed by atoms with van der Waals surface area (Å²) >= 11 is 0. The summed E-state index contributed by atoms with van der Waals surface area (Å²) in [6.07, 6.45) is -13.0. The summed E-state index contributed by atoms with van der Waals surface area (Å²) < 4.78 is 69.0. The molecule has 0 aromatic carbocycles. The van der Waals surface area contributed by atoms with Crippen LogP contribution in [0.1, 0.15) is 74.1 Å². The molecule has 3 aliphatic heterocycles. The fourth-order valence-electron chi connectivity index (χ4n) is 9.86. The molecule has 59 heavy (non-hydrogen) atoms. The third kappa shape index (κ3) is 8.56. The van der Waals surface area contributed by atoms with Gasteiger partial charge in [-0.1, -0.05) is 19.9 Å². The van der Waals surface area contributed by atoms with Gasteiger partial charge in [-0.15, -0.1) is 0 Å². The minimum absolute atomic E-state index is 0.166. The molecule has 2 aliphatic carbocycles. The standard InChI is InChI=1S/C39H54O20/c1-17(40)51-16-24-28(52-18(2)41)29(53-19(3)42)30(54-20(4)43)34(56-24)58-27(39(47)31(55-21(5)44)35(49-9)59-36(39)50-10)15-37(6)23-14-26(57-33(23)46)38(7)22(32(45)48-8)12-11-13-25(37)38/h12,23-31,34-36,47H,11,13-16H2,1-10H3. The molecule has 0 spiro atoms. The largest absolute Gasteiger partial charge is 0.466 e. The Morgan fingerprint density at radius 3 is 1.98 bits per heavy atom.